The highest BCUT2D eigenvalue weighted by Gasteiger charge is 2.15. The summed E-state index contributed by atoms with van der Waals surface area (Å²) in [5, 5.41) is 9.45. The zero-order chi connectivity index (χ0) is 12.8. The maximum atomic E-state index is 9.31. The van der Waals surface area contributed by atoms with E-state index in [4.69, 9.17) is 5.73 Å². The summed E-state index contributed by atoms with van der Waals surface area (Å²) in [6.45, 7) is 6.44. The van der Waals surface area contributed by atoms with E-state index in [2.05, 4.69) is 39.0 Å². The van der Waals surface area contributed by atoms with Crippen LogP contribution in [0.4, 0.5) is 0 Å². The molecule has 0 aromatic heterocycles. The first-order chi connectivity index (χ1) is 8.06. The minimum absolute atomic E-state index is 0.0795. The molecule has 3 heteroatoms. The Kier molecular flexibility index (Phi) is 6.03. The van der Waals surface area contributed by atoms with Gasteiger partial charge in [0.25, 0.3) is 0 Å². The molecule has 0 fully saturated rings. The molecule has 1 aromatic carbocycles. The Morgan fingerprint density at radius 3 is 2.29 bits per heavy atom. The van der Waals surface area contributed by atoms with Crippen LogP contribution in [0.5, 0.6) is 0 Å². The number of aliphatic hydroxyl groups is 1. The van der Waals surface area contributed by atoms with Crippen molar-refractivity contribution >= 4 is 11.8 Å². The second-order valence-electron chi connectivity index (χ2n) is 4.60. The SMILES string of the molecule is CCC(N)C(CO)SCc1cc(C)cc(C)c1. The summed E-state index contributed by atoms with van der Waals surface area (Å²) < 4.78 is 0. The lowest BCUT2D eigenvalue weighted by atomic mass is 10.1. The Labute approximate surface area is 109 Å². The van der Waals surface area contributed by atoms with E-state index in [1.54, 1.807) is 11.8 Å². The summed E-state index contributed by atoms with van der Waals surface area (Å²) in [7, 11) is 0. The standard InChI is InChI=1S/C14H23NOS/c1-4-13(15)14(8-16)17-9-12-6-10(2)5-11(3)7-12/h5-7,13-14,16H,4,8-9,15H2,1-3H3. The number of hydrogen-bond acceptors (Lipinski definition) is 3. The highest BCUT2D eigenvalue weighted by atomic mass is 32.2. The van der Waals surface area contributed by atoms with E-state index in [1.807, 2.05) is 0 Å². The molecule has 0 saturated heterocycles. The van der Waals surface area contributed by atoms with Crippen molar-refractivity contribution < 1.29 is 5.11 Å². The van der Waals surface area contributed by atoms with Gasteiger partial charge in [-0.25, -0.2) is 0 Å². The number of nitrogens with two attached hydrogens (primary N) is 1. The van der Waals surface area contributed by atoms with Crippen LogP contribution in [-0.4, -0.2) is 23.0 Å². The molecule has 0 spiro atoms. The smallest absolute Gasteiger partial charge is 0.0565 e. The van der Waals surface area contributed by atoms with E-state index in [0.717, 1.165) is 12.2 Å². The molecule has 2 unspecified atom stereocenters. The summed E-state index contributed by atoms with van der Waals surface area (Å²) in [6, 6.07) is 6.66. The van der Waals surface area contributed by atoms with Gasteiger partial charge >= 0.3 is 0 Å². The van der Waals surface area contributed by atoms with Gasteiger partial charge in [-0.1, -0.05) is 36.2 Å². The lowest BCUT2D eigenvalue weighted by molar-refractivity contribution is 0.281. The largest absolute Gasteiger partial charge is 0.395 e. The fraction of sp³-hybridized carbons (Fsp3) is 0.571. The van der Waals surface area contributed by atoms with Crippen LogP contribution in [0.15, 0.2) is 18.2 Å². The zero-order valence-corrected chi connectivity index (χ0v) is 11.8. The first-order valence-corrected chi connectivity index (χ1v) is 7.17. The van der Waals surface area contributed by atoms with Crippen LogP contribution in [0.1, 0.15) is 30.0 Å². The van der Waals surface area contributed by atoms with Crippen LogP contribution in [0.3, 0.4) is 0 Å². The third-order valence-corrected chi connectivity index (χ3v) is 4.30. The molecule has 0 heterocycles. The molecule has 0 amide bonds. The molecule has 0 bridgehead atoms. The van der Waals surface area contributed by atoms with E-state index in [1.165, 1.54) is 16.7 Å². The lowest BCUT2D eigenvalue weighted by Gasteiger charge is -2.20. The highest BCUT2D eigenvalue weighted by Crippen LogP contribution is 2.22. The molecule has 0 radical (unpaired) electrons. The normalized spacial score (nSPS) is 14.6. The van der Waals surface area contributed by atoms with Gasteiger partial charge in [-0.15, -0.1) is 11.8 Å². The maximum Gasteiger partial charge on any atom is 0.0565 e. The Morgan fingerprint density at radius 1 is 1.24 bits per heavy atom. The number of aryl methyl sites for hydroxylation is 2. The van der Waals surface area contributed by atoms with Gasteiger partial charge in [-0.05, 0) is 25.8 Å². The number of hydrogen-bond donors (Lipinski definition) is 2. The minimum atomic E-state index is 0.0795. The summed E-state index contributed by atoms with van der Waals surface area (Å²) >= 11 is 1.75. The molecule has 0 aliphatic rings. The predicted octanol–water partition coefficient (Wildman–Crippen LogP) is 2.63. The Morgan fingerprint density at radius 2 is 1.82 bits per heavy atom. The van der Waals surface area contributed by atoms with Crippen molar-refractivity contribution in [1.29, 1.82) is 0 Å². The minimum Gasteiger partial charge on any atom is -0.395 e. The van der Waals surface area contributed by atoms with Gasteiger partial charge in [0.05, 0.1) is 6.61 Å². The molecule has 96 valence electrons. The molecule has 0 aliphatic carbocycles. The Hall–Kier alpha value is -0.510. The van der Waals surface area contributed by atoms with Gasteiger partial charge in [0.1, 0.15) is 0 Å². The highest BCUT2D eigenvalue weighted by molar-refractivity contribution is 7.99. The number of thioether (sulfide) groups is 1. The average Bonchev–Trinajstić information content (AvgIpc) is 2.28. The molecular formula is C14H23NOS. The third kappa shape index (κ3) is 4.70. The zero-order valence-electron chi connectivity index (χ0n) is 10.9. The van der Waals surface area contributed by atoms with Crippen molar-refractivity contribution in [2.45, 2.75) is 44.2 Å². The van der Waals surface area contributed by atoms with Crippen LogP contribution in [-0.2, 0) is 5.75 Å². The molecule has 3 N–H and O–H groups in total. The molecule has 17 heavy (non-hydrogen) atoms. The fourth-order valence-corrected chi connectivity index (χ4v) is 3.05. The maximum absolute atomic E-state index is 9.31. The van der Waals surface area contributed by atoms with Gasteiger partial charge in [0.15, 0.2) is 0 Å². The van der Waals surface area contributed by atoms with Gasteiger partial charge in [-0.3, -0.25) is 0 Å². The van der Waals surface area contributed by atoms with Crippen LogP contribution in [0.2, 0.25) is 0 Å². The van der Waals surface area contributed by atoms with Crippen molar-refractivity contribution in [3.05, 3.63) is 34.9 Å². The quantitative estimate of drug-likeness (QED) is 0.819. The first kappa shape index (κ1) is 14.6. The van der Waals surface area contributed by atoms with Gasteiger partial charge < -0.3 is 10.8 Å². The van der Waals surface area contributed by atoms with E-state index < -0.39 is 0 Å². The molecular weight excluding hydrogens is 230 g/mol. The second-order valence-corrected chi connectivity index (χ2v) is 5.83. The van der Waals surface area contributed by atoms with Crippen molar-refractivity contribution in [1.82, 2.24) is 0 Å². The first-order valence-electron chi connectivity index (χ1n) is 6.12. The molecule has 1 rings (SSSR count). The summed E-state index contributed by atoms with van der Waals surface area (Å²) in [6.07, 6.45) is 0.908. The fourth-order valence-electron chi connectivity index (χ4n) is 1.93. The van der Waals surface area contributed by atoms with E-state index in [9.17, 15) is 5.11 Å². The van der Waals surface area contributed by atoms with E-state index in [0.29, 0.717) is 0 Å². The van der Waals surface area contributed by atoms with E-state index in [-0.39, 0.29) is 17.9 Å². The molecule has 0 aliphatic heterocycles. The monoisotopic (exact) mass is 253 g/mol. The Balaban J connectivity index is 2.59. The van der Waals surface area contributed by atoms with Crippen molar-refractivity contribution in [3.8, 4) is 0 Å². The van der Waals surface area contributed by atoms with Gasteiger partial charge in [-0.2, -0.15) is 0 Å². The van der Waals surface area contributed by atoms with Crippen LogP contribution < -0.4 is 5.73 Å². The Bertz CT molecular complexity index is 334. The summed E-state index contributed by atoms with van der Waals surface area (Å²) in [4.78, 5) is 0. The van der Waals surface area contributed by atoms with Gasteiger partial charge in [0, 0.05) is 17.0 Å². The average molecular weight is 253 g/mol. The molecule has 1 aromatic rings. The van der Waals surface area contributed by atoms with Gasteiger partial charge in [0.2, 0.25) is 0 Å². The topological polar surface area (TPSA) is 46.2 Å². The van der Waals surface area contributed by atoms with Crippen LogP contribution >= 0.6 is 11.8 Å². The number of benzene rings is 1. The number of rotatable bonds is 6. The van der Waals surface area contributed by atoms with Crippen molar-refractivity contribution in [3.63, 3.8) is 0 Å². The van der Waals surface area contributed by atoms with Crippen LogP contribution in [0.25, 0.3) is 0 Å². The molecule has 2 nitrogen and oxygen atoms in total. The lowest BCUT2D eigenvalue weighted by Crippen LogP contribution is -2.34. The second kappa shape index (κ2) is 7.04. The predicted molar refractivity (Wildman–Crippen MR) is 76.4 cm³/mol. The molecule has 0 saturated carbocycles. The molecule has 2 atom stereocenters. The van der Waals surface area contributed by atoms with E-state index >= 15 is 0 Å². The van der Waals surface area contributed by atoms with Crippen molar-refractivity contribution in [2.24, 2.45) is 5.73 Å². The number of aliphatic hydroxyl groups excluding tert-OH is 1. The summed E-state index contributed by atoms with van der Waals surface area (Å²) in [5.74, 6) is 0.918. The van der Waals surface area contributed by atoms with Crippen LogP contribution in [0, 0.1) is 13.8 Å². The third-order valence-electron chi connectivity index (χ3n) is 2.87. The van der Waals surface area contributed by atoms with Crippen molar-refractivity contribution in [2.75, 3.05) is 6.61 Å². The summed E-state index contributed by atoms with van der Waals surface area (Å²) in [5.41, 5.74) is 9.87.